The zero-order chi connectivity index (χ0) is 25.4. The maximum atomic E-state index is 12.8. The van der Waals surface area contributed by atoms with Gasteiger partial charge in [0.15, 0.2) is 0 Å². The normalized spacial score (nSPS) is 11.5. The summed E-state index contributed by atoms with van der Waals surface area (Å²) in [6.07, 6.45) is 1.37. The SMILES string of the molecule is Cc1nc(OCCCc2cccc(O)c2)nc(C)c1C(=O)NC(CNC(=O)c1cccs1)C(=O)O. The molecule has 0 radical (unpaired) electrons. The summed E-state index contributed by atoms with van der Waals surface area (Å²) in [7, 11) is 0. The Morgan fingerprint density at radius 3 is 2.46 bits per heavy atom. The summed E-state index contributed by atoms with van der Waals surface area (Å²) >= 11 is 1.23. The first-order chi connectivity index (χ1) is 16.7. The topological polar surface area (TPSA) is 151 Å². The number of nitrogens with zero attached hydrogens (tertiary/aromatic N) is 2. The van der Waals surface area contributed by atoms with Crippen molar-refractivity contribution >= 4 is 29.1 Å². The standard InChI is InChI=1S/C24H26N4O6S/c1-14-20(22(31)28-18(23(32)33)13-25-21(30)19-9-5-11-35-19)15(2)27-24(26-14)34-10-4-7-16-6-3-8-17(29)12-16/h3,5-6,8-9,11-12,18,29H,4,7,10,13H2,1-2H3,(H,25,30)(H,28,31)(H,32,33). The number of carboxylic acid groups (broad SMARTS) is 1. The number of phenolic OH excluding ortho intramolecular Hbond substituents is 1. The minimum absolute atomic E-state index is 0.116. The van der Waals surface area contributed by atoms with E-state index in [1.165, 1.54) is 11.3 Å². The van der Waals surface area contributed by atoms with Crippen LogP contribution in [-0.4, -0.2) is 57.2 Å². The molecule has 11 heteroatoms. The van der Waals surface area contributed by atoms with Crippen LogP contribution >= 0.6 is 11.3 Å². The van der Waals surface area contributed by atoms with Crippen molar-refractivity contribution in [3.63, 3.8) is 0 Å². The number of aryl methyl sites for hydroxylation is 3. The van der Waals surface area contributed by atoms with Crippen LogP contribution in [0.2, 0.25) is 0 Å². The zero-order valence-electron chi connectivity index (χ0n) is 19.3. The molecule has 0 saturated heterocycles. The summed E-state index contributed by atoms with van der Waals surface area (Å²) in [5.74, 6) is -2.15. The molecule has 0 aliphatic carbocycles. The number of rotatable bonds is 11. The Bertz CT molecular complexity index is 1180. The fourth-order valence-corrected chi connectivity index (χ4v) is 3.99. The van der Waals surface area contributed by atoms with Gasteiger partial charge in [-0.2, -0.15) is 9.97 Å². The maximum absolute atomic E-state index is 12.8. The summed E-state index contributed by atoms with van der Waals surface area (Å²) in [6.45, 7) is 3.28. The predicted octanol–water partition coefficient (Wildman–Crippen LogP) is 2.49. The fraction of sp³-hybridized carbons (Fsp3) is 0.292. The van der Waals surface area contributed by atoms with Gasteiger partial charge >= 0.3 is 12.0 Å². The third-order valence-corrected chi connectivity index (χ3v) is 5.91. The highest BCUT2D eigenvalue weighted by molar-refractivity contribution is 7.12. The Hall–Kier alpha value is -3.99. The van der Waals surface area contributed by atoms with Crippen molar-refractivity contribution < 1.29 is 29.3 Å². The van der Waals surface area contributed by atoms with E-state index in [1.54, 1.807) is 49.6 Å². The van der Waals surface area contributed by atoms with Crippen molar-refractivity contribution in [1.82, 2.24) is 20.6 Å². The number of aliphatic carboxylic acids is 1. The summed E-state index contributed by atoms with van der Waals surface area (Å²) < 4.78 is 5.62. The van der Waals surface area contributed by atoms with Crippen molar-refractivity contribution in [2.45, 2.75) is 32.7 Å². The Kier molecular flexibility index (Phi) is 8.74. The molecule has 3 aromatic rings. The predicted molar refractivity (Wildman–Crippen MR) is 129 cm³/mol. The molecule has 0 aliphatic heterocycles. The second kappa shape index (κ2) is 11.9. The van der Waals surface area contributed by atoms with Gasteiger partial charge in [-0.1, -0.05) is 18.2 Å². The molecule has 0 aliphatic rings. The lowest BCUT2D eigenvalue weighted by Gasteiger charge is -2.17. The van der Waals surface area contributed by atoms with E-state index in [4.69, 9.17) is 4.74 Å². The Balaban J connectivity index is 1.57. The highest BCUT2D eigenvalue weighted by atomic mass is 32.1. The van der Waals surface area contributed by atoms with Gasteiger partial charge < -0.3 is 25.6 Å². The first-order valence-corrected chi connectivity index (χ1v) is 11.7. The number of carbonyl (C=O) groups is 3. The number of phenols is 1. The van der Waals surface area contributed by atoms with Crippen LogP contribution in [0, 0.1) is 13.8 Å². The molecule has 184 valence electrons. The minimum atomic E-state index is -1.33. The van der Waals surface area contributed by atoms with Gasteiger partial charge in [0.05, 0.1) is 28.4 Å². The molecule has 10 nitrogen and oxygen atoms in total. The van der Waals surface area contributed by atoms with Gasteiger partial charge in [0.1, 0.15) is 11.8 Å². The summed E-state index contributed by atoms with van der Waals surface area (Å²) in [6, 6.07) is 9.10. The van der Waals surface area contributed by atoms with Crippen LogP contribution in [-0.2, 0) is 11.2 Å². The van der Waals surface area contributed by atoms with Gasteiger partial charge in [0.2, 0.25) is 0 Å². The van der Waals surface area contributed by atoms with E-state index in [2.05, 4.69) is 20.6 Å². The van der Waals surface area contributed by atoms with E-state index in [1.807, 2.05) is 6.07 Å². The number of carboxylic acids is 1. The van der Waals surface area contributed by atoms with E-state index < -0.39 is 23.8 Å². The van der Waals surface area contributed by atoms with Gasteiger partial charge in [0.25, 0.3) is 11.8 Å². The lowest BCUT2D eigenvalue weighted by Crippen LogP contribution is -2.48. The number of carbonyl (C=O) groups excluding carboxylic acids is 2. The summed E-state index contributed by atoms with van der Waals surface area (Å²) in [4.78, 5) is 45.4. The molecule has 4 N–H and O–H groups in total. The van der Waals surface area contributed by atoms with Gasteiger partial charge in [-0.05, 0) is 55.8 Å². The first-order valence-electron chi connectivity index (χ1n) is 10.9. The minimum Gasteiger partial charge on any atom is -0.508 e. The monoisotopic (exact) mass is 498 g/mol. The Morgan fingerprint density at radius 2 is 1.83 bits per heavy atom. The second-order valence-corrected chi connectivity index (χ2v) is 8.67. The molecule has 3 rings (SSSR count). The number of ether oxygens (including phenoxy) is 1. The van der Waals surface area contributed by atoms with Crippen LogP contribution in [0.25, 0.3) is 0 Å². The number of thiophene rings is 1. The number of hydrogen-bond donors (Lipinski definition) is 4. The van der Waals surface area contributed by atoms with Crippen molar-refractivity contribution in [3.05, 3.63) is 69.2 Å². The number of amides is 2. The molecule has 0 saturated carbocycles. The average Bonchev–Trinajstić information content (AvgIpc) is 3.34. The number of nitrogens with one attached hydrogen (secondary N) is 2. The Morgan fingerprint density at radius 1 is 1.09 bits per heavy atom. The zero-order valence-corrected chi connectivity index (χ0v) is 20.1. The molecule has 0 fully saturated rings. The van der Waals surface area contributed by atoms with Gasteiger partial charge in [-0.25, -0.2) is 4.79 Å². The van der Waals surface area contributed by atoms with Gasteiger partial charge in [-0.3, -0.25) is 9.59 Å². The van der Waals surface area contributed by atoms with Crippen molar-refractivity contribution in [2.75, 3.05) is 13.2 Å². The third kappa shape index (κ3) is 7.24. The lowest BCUT2D eigenvalue weighted by molar-refractivity contribution is -0.139. The van der Waals surface area contributed by atoms with Crippen LogP contribution in [0.1, 0.15) is 43.4 Å². The highest BCUT2D eigenvalue weighted by Gasteiger charge is 2.25. The quantitative estimate of drug-likeness (QED) is 0.294. The number of aromatic nitrogens is 2. The number of aromatic hydroxyl groups is 1. The summed E-state index contributed by atoms with van der Waals surface area (Å²) in [5.41, 5.74) is 1.80. The molecule has 1 unspecified atom stereocenters. The molecule has 1 atom stereocenters. The van der Waals surface area contributed by atoms with E-state index in [9.17, 15) is 24.6 Å². The van der Waals surface area contributed by atoms with Crippen LogP contribution in [0.5, 0.6) is 11.8 Å². The van der Waals surface area contributed by atoms with Crippen molar-refractivity contribution in [3.8, 4) is 11.8 Å². The van der Waals surface area contributed by atoms with Crippen LogP contribution in [0.4, 0.5) is 0 Å². The maximum Gasteiger partial charge on any atom is 0.328 e. The van der Waals surface area contributed by atoms with Crippen LogP contribution in [0.3, 0.4) is 0 Å². The highest BCUT2D eigenvalue weighted by Crippen LogP contribution is 2.16. The third-order valence-electron chi connectivity index (χ3n) is 5.04. The van der Waals surface area contributed by atoms with Crippen LogP contribution < -0.4 is 15.4 Å². The van der Waals surface area contributed by atoms with E-state index in [0.717, 1.165) is 5.56 Å². The number of benzene rings is 1. The second-order valence-electron chi connectivity index (χ2n) is 7.73. The molecular weight excluding hydrogens is 472 g/mol. The molecule has 0 spiro atoms. The van der Waals surface area contributed by atoms with Gasteiger partial charge in [-0.15, -0.1) is 11.3 Å². The van der Waals surface area contributed by atoms with Crippen molar-refractivity contribution in [1.29, 1.82) is 0 Å². The smallest absolute Gasteiger partial charge is 0.328 e. The van der Waals surface area contributed by atoms with Crippen molar-refractivity contribution in [2.24, 2.45) is 0 Å². The molecule has 35 heavy (non-hydrogen) atoms. The lowest BCUT2D eigenvalue weighted by atomic mass is 10.1. The van der Waals surface area contributed by atoms with Crippen LogP contribution in [0.15, 0.2) is 41.8 Å². The molecular formula is C24H26N4O6S. The summed E-state index contributed by atoms with van der Waals surface area (Å²) in [5, 5.41) is 25.7. The van der Waals surface area contributed by atoms with E-state index in [0.29, 0.717) is 35.7 Å². The van der Waals surface area contributed by atoms with Gasteiger partial charge in [0, 0.05) is 6.54 Å². The van der Waals surface area contributed by atoms with E-state index in [-0.39, 0.29) is 23.9 Å². The number of hydrogen-bond acceptors (Lipinski definition) is 8. The molecule has 2 aromatic heterocycles. The molecule has 2 amide bonds. The molecule has 0 bridgehead atoms. The first kappa shape index (κ1) is 25.6. The molecule has 1 aromatic carbocycles. The molecule has 2 heterocycles. The van der Waals surface area contributed by atoms with E-state index >= 15 is 0 Å². The Labute approximate surface area is 206 Å². The largest absolute Gasteiger partial charge is 0.508 e. The fourth-order valence-electron chi connectivity index (χ4n) is 3.35. The average molecular weight is 499 g/mol.